The number of methoxy groups -OCH3 is 2. The third-order valence-corrected chi connectivity index (χ3v) is 6.46. The van der Waals surface area contributed by atoms with Gasteiger partial charge in [0.05, 0.1) is 37.5 Å². The zero-order valence-corrected chi connectivity index (χ0v) is 18.8. The van der Waals surface area contributed by atoms with E-state index < -0.39 is 0 Å². The summed E-state index contributed by atoms with van der Waals surface area (Å²) >= 11 is 6.39. The van der Waals surface area contributed by atoms with Crippen LogP contribution in [-0.4, -0.2) is 50.5 Å². The van der Waals surface area contributed by atoms with Crippen molar-refractivity contribution in [2.45, 2.75) is 18.4 Å². The monoisotopic (exact) mass is 454 g/mol. The van der Waals surface area contributed by atoms with E-state index >= 15 is 0 Å². The molecular formula is C24H23ClN2O5. The lowest BCUT2D eigenvalue weighted by Crippen LogP contribution is -2.32. The summed E-state index contributed by atoms with van der Waals surface area (Å²) in [5.41, 5.74) is 1.69. The summed E-state index contributed by atoms with van der Waals surface area (Å²) in [6.45, 7) is 0.751. The minimum absolute atomic E-state index is 0.0385. The largest absolute Gasteiger partial charge is 0.496 e. The quantitative estimate of drug-likeness (QED) is 0.626. The summed E-state index contributed by atoms with van der Waals surface area (Å²) in [5.74, 6) is 1.04. The maximum atomic E-state index is 13.2. The molecule has 7 nitrogen and oxygen atoms in total. The first-order valence-electron chi connectivity index (χ1n) is 10.2. The molecule has 1 N–H and O–H groups in total. The standard InChI is InChI=1S/C24H23ClN2O5/c1-27-7-6-15(17(27)12-28)22-20(30-2)10-21(31-3)23-18(29)9-19(32-24(22)23)14-5-4-13(11-26)8-16(14)25/h4-5,8-10,15,17,28H,6-7,12H2,1-3H3/t15-,17+/m0/s1. The second-order valence-corrected chi connectivity index (χ2v) is 8.21. The molecule has 1 aliphatic rings. The van der Waals surface area contributed by atoms with E-state index in [2.05, 4.69) is 4.90 Å². The smallest absolute Gasteiger partial charge is 0.197 e. The minimum atomic E-state index is -0.283. The third kappa shape index (κ3) is 3.61. The Morgan fingerprint density at radius 3 is 2.62 bits per heavy atom. The normalized spacial score (nSPS) is 18.6. The Kier molecular flexibility index (Phi) is 6.11. The summed E-state index contributed by atoms with van der Waals surface area (Å²) < 4.78 is 17.5. The molecule has 2 heterocycles. The molecule has 166 valence electrons. The number of nitrogens with zero attached hydrogens (tertiary/aromatic N) is 2. The van der Waals surface area contributed by atoms with Gasteiger partial charge in [0.25, 0.3) is 0 Å². The average molecular weight is 455 g/mol. The Morgan fingerprint density at radius 1 is 1.25 bits per heavy atom. The lowest BCUT2D eigenvalue weighted by Gasteiger charge is -2.25. The molecule has 1 fully saturated rings. The van der Waals surface area contributed by atoms with Gasteiger partial charge in [0.15, 0.2) is 5.43 Å². The molecule has 4 rings (SSSR count). The Bertz CT molecular complexity index is 1280. The number of aliphatic hydroxyl groups is 1. The van der Waals surface area contributed by atoms with Crippen molar-refractivity contribution < 1.29 is 19.0 Å². The number of likely N-dealkylation sites (N-methyl/N-ethyl adjacent to an activating group) is 1. The summed E-state index contributed by atoms with van der Waals surface area (Å²) in [6, 6.07) is 9.76. The molecule has 1 aliphatic heterocycles. The van der Waals surface area contributed by atoms with E-state index in [1.54, 1.807) is 25.3 Å². The van der Waals surface area contributed by atoms with Crippen LogP contribution in [0.3, 0.4) is 0 Å². The van der Waals surface area contributed by atoms with Gasteiger partial charge >= 0.3 is 0 Å². The van der Waals surface area contributed by atoms with Crippen LogP contribution < -0.4 is 14.9 Å². The fraction of sp³-hybridized carbons (Fsp3) is 0.333. The van der Waals surface area contributed by atoms with Crippen molar-refractivity contribution in [2.75, 3.05) is 34.4 Å². The number of rotatable bonds is 5. The molecule has 2 atom stereocenters. The van der Waals surface area contributed by atoms with Gasteiger partial charge in [0.2, 0.25) is 0 Å². The van der Waals surface area contributed by atoms with Gasteiger partial charge in [-0.15, -0.1) is 0 Å². The number of aliphatic hydroxyl groups excluding tert-OH is 1. The fourth-order valence-corrected chi connectivity index (χ4v) is 4.78. The molecule has 0 unspecified atom stereocenters. The molecule has 3 aromatic rings. The predicted molar refractivity (Wildman–Crippen MR) is 122 cm³/mol. The predicted octanol–water partition coefficient (Wildman–Crippen LogP) is 3.78. The van der Waals surface area contributed by atoms with Crippen molar-refractivity contribution in [2.24, 2.45) is 0 Å². The van der Waals surface area contributed by atoms with E-state index in [0.717, 1.165) is 18.5 Å². The van der Waals surface area contributed by atoms with Gasteiger partial charge in [0, 0.05) is 35.2 Å². The van der Waals surface area contributed by atoms with Gasteiger partial charge in [-0.1, -0.05) is 11.6 Å². The summed E-state index contributed by atoms with van der Waals surface area (Å²) in [4.78, 5) is 15.3. The van der Waals surface area contributed by atoms with Crippen molar-refractivity contribution in [3.8, 4) is 28.9 Å². The van der Waals surface area contributed by atoms with E-state index in [4.69, 9.17) is 30.8 Å². The van der Waals surface area contributed by atoms with Crippen LogP contribution in [0.1, 0.15) is 23.5 Å². The van der Waals surface area contributed by atoms with Crippen LogP contribution in [0.25, 0.3) is 22.3 Å². The average Bonchev–Trinajstić information content (AvgIpc) is 3.17. The Morgan fingerprint density at radius 2 is 2.00 bits per heavy atom. The molecule has 0 saturated carbocycles. The highest BCUT2D eigenvalue weighted by molar-refractivity contribution is 6.33. The maximum absolute atomic E-state index is 13.2. The number of benzene rings is 2. The van der Waals surface area contributed by atoms with E-state index in [9.17, 15) is 9.90 Å². The first-order chi connectivity index (χ1) is 15.4. The first-order valence-corrected chi connectivity index (χ1v) is 10.5. The molecule has 0 radical (unpaired) electrons. The highest BCUT2D eigenvalue weighted by Gasteiger charge is 2.37. The summed E-state index contributed by atoms with van der Waals surface area (Å²) in [6.07, 6.45) is 0.769. The van der Waals surface area contributed by atoms with Crippen molar-refractivity contribution in [1.29, 1.82) is 5.26 Å². The summed E-state index contributed by atoms with van der Waals surface area (Å²) in [5, 5.41) is 19.8. The van der Waals surface area contributed by atoms with Crippen LogP contribution in [0.4, 0.5) is 0 Å². The highest BCUT2D eigenvalue weighted by atomic mass is 35.5. The van der Waals surface area contributed by atoms with Crippen LogP contribution in [-0.2, 0) is 0 Å². The van der Waals surface area contributed by atoms with E-state index in [1.165, 1.54) is 19.2 Å². The van der Waals surface area contributed by atoms with Crippen LogP contribution in [0.5, 0.6) is 11.5 Å². The van der Waals surface area contributed by atoms with Crippen molar-refractivity contribution in [3.05, 3.63) is 56.7 Å². The fourth-order valence-electron chi connectivity index (χ4n) is 4.51. The van der Waals surface area contributed by atoms with Crippen molar-refractivity contribution >= 4 is 22.6 Å². The Hall–Kier alpha value is -3.05. The van der Waals surface area contributed by atoms with Crippen LogP contribution in [0.15, 0.2) is 39.5 Å². The molecule has 0 spiro atoms. The van der Waals surface area contributed by atoms with Gasteiger partial charge in [-0.25, -0.2) is 0 Å². The lowest BCUT2D eigenvalue weighted by atomic mass is 9.89. The van der Waals surface area contributed by atoms with Crippen LogP contribution >= 0.6 is 11.6 Å². The molecule has 0 amide bonds. The maximum Gasteiger partial charge on any atom is 0.197 e. The summed E-state index contributed by atoms with van der Waals surface area (Å²) in [7, 11) is 4.99. The van der Waals surface area contributed by atoms with Crippen molar-refractivity contribution in [3.63, 3.8) is 0 Å². The van der Waals surface area contributed by atoms with Gasteiger partial charge in [-0.3, -0.25) is 4.79 Å². The number of hydrogen-bond acceptors (Lipinski definition) is 7. The second kappa shape index (κ2) is 8.83. The molecule has 2 aromatic carbocycles. The van der Waals surface area contributed by atoms with Crippen molar-refractivity contribution in [1.82, 2.24) is 4.90 Å². The first kappa shape index (κ1) is 22.2. The second-order valence-electron chi connectivity index (χ2n) is 7.81. The number of fused-ring (bicyclic) bond motifs is 1. The zero-order chi connectivity index (χ0) is 23.0. The van der Waals surface area contributed by atoms with E-state index in [-0.39, 0.29) is 29.8 Å². The number of nitriles is 1. The number of hydrogen-bond donors (Lipinski definition) is 1. The SMILES string of the molecule is COc1cc(OC)c2c(=O)cc(-c3ccc(C#N)cc3Cl)oc2c1[C@H]1CCN(C)[C@@H]1CO. The Labute approximate surface area is 190 Å². The van der Waals surface area contributed by atoms with E-state index in [0.29, 0.717) is 38.6 Å². The molecule has 0 bridgehead atoms. The van der Waals surface area contributed by atoms with Gasteiger partial charge in [0.1, 0.15) is 28.2 Å². The lowest BCUT2D eigenvalue weighted by molar-refractivity contribution is 0.171. The third-order valence-electron chi connectivity index (χ3n) is 6.15. The molecule has 32 heavy (non-hydrogen) atoms. The van der Waals surface area contributed by atoms with Crippen LogP contribution in [0.2, 0.25) is 5.02 Å². The number of halogens is 1. The Balaban J connectivity index is 2.05. The minimum Gasteiger partial charge on any atom is -0.496 e. The topological polar surface area (TPSA) is 95.9 Å². The molecule has 0 aliphatic carbocycles. The molecule has 8 heteroatoms. The van der Waals surface area contributed by atoms with Gasteiger partial charge in [-0.05, 0) is 38.2 Å². The number of ether oxygens (including phenoxy) is 2. The zero-order valence-electron chi connectivity index (χ0n) is 18.0. The molecule has 1 aromatic heterocycles. The van der Waals surface area contributed by atoms with Gasteiger partial charge < -0.3 is 23.9 Å². The molecule has 1 saturated heterocycles. The highest BCUT2D eigenvalue weighted by Crippen LogP contribution is 2.45. The number of likely N-dealkylation sites (tertiary alicyclic amines) is 1. The van der Waals surface area contributed by atoms with E-state index in [1.807, 2.05) is 13.1 Å². The van der Waals surface area contributed by atoms with Crippen LogP contribution in [0, 0.1) is 11.3 Å². The van der Waals surface area contributed by atoms with Gasteiger partial charge in [-0.2, -0.15) is 5.26 Å². The molecular weight excluding hydrogens is 432 g/mol.